The number of Topliss-reactive ketones (excluding diaryl/α,β-unsaturated/α-hetero) is 3. The van der Waals surface area contributed by atoms with Crippen LogP contribution in [0.25, 0.3) is 0 Å². The molecular weight excluding hydrogens is 1150 g/mol. The predicted octanol–water partition coefficient (Wildman–Crippen LogP) is 8.67. The summed E-state index contributed by atoms with van der Waals surface area (Å²) in [7, 11) is 5.28. The number of benzene rings is 1. The van der Waals surface area contributed by atoms with Crippen LogP contribution in [0.2, 0.25) is 0 Å². The number of likely N-dealkylation sites (N-methyl/N-ethyl adjacent to an activating group) is 1. The van der Waals surface area contributed by atoms with E-state index in [1.165, 1.54) is 18.4 Å². The van der Waals surface area contributed by atoms with Crippen molar-refractivity contribution in [2.24, 2.45) is 29.6 Å². The number of nitrogens with one attached hydrogen (secondary N) is 3. The molecule has 8 atom stereocenters. The van der Waals surface area contributed by atoms with E-state index in [1.807, 2.05) is 89.7 Å². The molecule has 21 nitrogen and oxygen atoms in total. The minimum atomic E-state index is -0.927. The lowest BCUT2D eigenvalue weighted by Gasteiger charge is -2.40. The van der Waals surface area contributed by atoms with Crippen molar-refractivity contribution in [3.05, 3.63) is 51.5 Å². The van der Waals surface area contributed by atoms with Gasteiger partial charge in [-0.15, -0.1) is 16.4 Å². The van der Waals surface area contributed by atoms with Gasteiger partial charge >= 0.3 is 5.97 Å². The van der Waals surface area contributed by atoms with Crippen LogP contribution in [0.4, 0.5) is 0 Å². The molecule has 6 amide bonds. The predicted molar refractivity (Wildman–Crippen MR) is 338 cm³/mol. The Bertz CT molecular complexity index is 2560. The lowest BCUT2D eigenvalue weighted by molar-refractivity contribution is -0.197. The van der Waals surface area contributed by atoms with Crippen LogP contribution in [0.1, 0.15) is 205 Å². The molecule has 88 heavy (non-hydrogen) atoms. The molecule has 4 unspecified atom stereocenters. The minimum Gasteiger partial charge on any atom is -0.382 e. The number of ether oxygens (including phenoxy) is 3. The Labute approximate surface area is 527 Å². The summed E-state index contributed by atoms with van der Waals surface area (Å²) in [6, 6.07) is 6.23. The van der Waals surface area contributed by atoms with Crippen molar-refractivity contribution in [3.8, 4) is 0 Å². The fourth-order valence-corrected chi connectivity index (χ4v) is 11.1. The van der Waals surface area contributed by atoms with E-state index < -0.39 is 71.1 Å². The molecule has 2 heterocycles. The van der Waals surface area contributed by atoms with E-state index in [1.54, 1.807) is 19.2 Å². The first-order valence-electron chi connectivity index (χ1n) is 31.9. The summed E-state index contributed by atoms with van der Waals surface area (Å²) < 4.78 is 16.7. The Balaban J connectivity index is 1.79. The van der Waals surface area contributed by atoms with Crippen molar-refractivity contribution in [2.75, 3.05) is 60.7 Å². The standard InChI is InChI=1S/C66H105N7O14S/c1-15-32-72(65(83)50(45(7)17-3)39-57(76)66(10,11)71(12)13)53(43(4)5)40-56(86-33-16-2)64-70-52(42-88-64)63(82)68-49(38-48-27-25-44(6)26-28-48)36-46(8)55(75)37-47(9)62(81)69-51(22-20-21-31-67-58(77)41-85-35-34-84-14)54(74)23-18-19-24-61(80)87-73-59(78)29-30-60(73)79/h25-28,42-43,45-47,49-51,53,56H,15-24,29-41H2,1-14H3,(H,67,77)(H,68,82)(H,69,81)/t45?,46?,47?,49-,50+,51?,53-,56-/m1/s1. The van der Waals surface area contributed by atoms with Crippen LogP contribution in [0.15, 0.2) is 29.6 Å². The van der Waals surface area contributed by atoms with Gasteiger partial charge in [0.25, 0.3) is 17.7 Å². The smallest absolute Gasteiger partial charge is 0.333 e. The molecule has 1 aromatic heterocycles. The summed E-state index contributed by atoms with van der Waals surface area (Å²) >= 11 is 1.32. The van der Waals surface area contributed by atoms with Crippen LogP contribution >= 0.6 is 11.3 Å². The molecule has 1 aromatic carbocycles. The third kappa shape index (κ3) is 25.6. The van der Waals surface area contributed by atoms with Crippen molar-refractivity contribution in [1.29, 1.82) is 0 Å². The van der Waals surface area contributed by atoms with Gasteiger partial charge in [0.05, 0.1) is 24.8 Å². The molecule has 0 saturated carbocycles. The summed E-state index contributed by atoms with van der Waals surface area (Å²) in [6.45, 7) is 23.2. The zero-order valence-electron chi connectivity index (χ0n) is 55.3. The normalized spacial score (nSPS) is 15.5. The van der Waals surface area contributed by atoms with Gasteiger partial charge in [0.2, 0.25) is 17.7 Å². The number of carbonyl (C=O) groups is 10. The Morgan fingerprint density at radius 1 is 0.795 bits per heavy atom. The van der Waals surface area contributed by atoms with Gasteiger partial charge in [0.1, 0.15) is 29.2 Å². The van der Waals surface area contributed by atoms with Gasteiger partial charge in [-0.05, 0) is 110 Å². The molecule has 1 saturated heterocycles. The Morgan fingerprint density at radius 2 is 1.47 bits per heavy atom. The van der Waals surface area contributed by atoms with Gasteiger partial charge in [0, 0.05) is 107 Å². The zero-order chi connectivity index (χ0) is 65.7. The molecule has 1 aliphatic heterocycles. The number of hydrogen-bond acceptors (Lipinski definition) is 17. The second-order valence-electron chi connectivity index (χ2n) is 24.8. The first-order valence-corrected chi connectivity index (χ1v) is 32.8. The van der Waals surface area contributed by atoms with Crippen molar-refractivity contribution in [1.82, 2.24) is 35.8 Å². The lowest BCUT2D eigenvalue weighted by atomic mass is 9.81. The summed E-state index contributed by atoms with van der Waals surface area (Å²) in [5.41, 5.74) is 1.46. The first-order chi connectivity index (χ1) is 41.7. The number of amides is 6. The van der Waals surface area contributed by atoms with E-state index in [9.17, 15) is 47.9 Å². The average molecular weight is 1250 g/mol. The molecule has 2 aromatic rings. The zero-order valence-corrected chi connectivity index (χ0v) is 56.1. The number of carbonyl (C=O) groups excluding carboxylic acids is 10. The van der Waals surface area contributed by atoms with Crippen LogP contribution in [0.3, 0.4) is 0 Å². The van der Waals surface area contributed by atoms with E-state index in [0.29, 0.717) is 62.1 Å². The summed E-state index contributed by atoms with van der Waals surface area (Å²) in [5, 5.41) is 11.6. The van der Waals surface area contributed by atoms with Crippen molar-refractivity contribution < 1.29 is 67.0 Å². The number of imide groups is 1. The molecule has 1 aliphatic rings. The van der Waals surface area contributed by atoms with Crippen LogP contribution in [-0.2, 0) is 68.6 Å². The molecule has 0 bridgehead atoms. The maximum Gasteiger partial charge on any atom is 0.333 e. The van der Waals surface area contributed by atoms with E-state index in [0.717, 1.165) is 30.4 Å². The van der Waals surface area contributed by atoms with E-state index in [2.05, 4.69) is 36.7 Å². The highest BCUT2D eigenvalue weighted by atomic mass is 32.1. The third-order valence-corrected chi connectivity index (χ3v) is 17.7. The largest absolute Gasteiger partial charge is 0.382 e. The molecule has 0 spiro atoms. The maximum atomic E-state index is 14.9. The second kappa shape index (κ2) is 39.3. The van der Waals surface area contributed by atoms with Crippen LogP contribution in [0.5, 0.6) is 0 Å². The Morgan fingerprint density at radius 3 is 2.08 bits per heavy atom. The van der Waals surface area contributed by atoms with Gasteiger partial charge < -0.3 is 39.9 Å². The highest BCUT2D eigenvalue weighted by molar-refractivity contribution is 7.09. The molecule has 3 rings (SSSR count). The van der Waals surface area contributed by atoms with Crippen LogP contribution in [0, 0.1) is 36.5 Å². The lowest BCUT2D eigenvalue weighted by Crippen LogP contribution is -2.51. The number of rotatable bonds is 45. The van der Waals surface area contributed by atoms with Crippen molar-refractivity contribution >= 4 is 70.1 Å². The summed E-state index contributed by atoms with van der Waals surface area (Å²) in [5.74, 6) is -5.66. The topological polar surface area (TPSA) is 266 Å². The van der Waals surface area contributed by atoms with Crippen molar-refractivity contribution in [3.63, 3.8) is 0 Å². The highest BCUT2D eigenvalue weighted by Gasteiger charge is 2.40. The van der Waals surface area contributed by atoms with E-state index >= 15 is 0 Å². The third-order valence-electron chi connectivity index (χ3n) is 16.7. The SMILES string of the molecule is CCCO[C@H](C[C@H](C(C)C)N(CCC)C(=O)[C@@H](CC(=O)C(C)(C)N(C)C)C(C)CC)c1nc(C(=O)N[C@@H](Cc2ccc(C)cc2)CC(C)C(=O)CC(C)C(=O)NC(CCCCNC(=O)COCCOC)C(=O)CCCCC(=O)ON2C(=O)CCC2=O)cs1. The summed E-state index contributed by atoms with van der Waals surface area (Å²) in [6.07, 6.45) is 4.18. The van der Waals surface area contributed by atoms with E-state index in [-0.39, 0.29) is 130 Å². The highest BCUT2D eigenvalue weighted by Crippen LogP contribution is 2.34. The molecule has 22 heteroatoms. The second-order valence-corrected chi connectivity index (χ2v) is 25.7. The first kappa shape index (κ1) is 76.4. The maximum absolute atomic E-state index is 14.9. The number of unbranched alkanes of at least 4 members (excludes halogenated alkanes) is 2. The van der Waals surface area contributed by atoms with Gasteiger partial charge in [-0.2, -0.15) is 0 Å². The molecule has 0 aliphatic carbocycles. The average Bonchev–Trinajstić information content (AvgIpc) is 4.23. The number of nitrogens with zero attached hydrogens (tertiary/aromatic N) is 4. The van der Waals surface area contributed by atoms with E-state index in [4.69, 9.17) is 24.0 Å². The number of thiazole rings is 1. The van der Waals surface area contributed by atoms with Gasteiger partial charge in [0.15, 0.2) is 11.6 Å². The monoisotopic (exact) mass is 1250 g/mol. The van der Waals surface area contributed by atoms with Crippen LogP contribution < -0.4 is 16.0 Å². The molecule has 494 valence electrons. The fourth-order valence-electron chi connectivity index (χ4n) is 10.3. The molecule has 0 radical (unpaired) electrons. The van der Waals surface area contributed by atoms with Gasteiger partial charge in [-0.25, -0.2) is 9.78 Å². The molecule has 1 fully saturated rings. The molecular formula is C66H105N7O14S. The van der Waals surface area contributed by atoms with Gasteiger partial charge in [-0.1, -0.05) is 91.6 Å². The molecule has 3 N–H and O–H groups in total. The number of ketones is 3. The number of aromatic nitrogens is 1. The number of hydrogen-bond donors (Lipinski definition) is 3. The quantitative estimate of drug-likeness (QED) is 0.0413. The van der Waals surface area contributed by atoms with Crippen LogP contribution in [-0.4, -0.2) is 163 Å². The number of methoxy groups -OCH3 is 1. The fraction of sp³-hybridized carbons (Fsp3) is 0.712. The Hall–Kier alpha value is -5.81. The van der Waals surface area contributed by atoms with Crippen molar-refractivity contribution in [2.45, 2.75) is 215 Å². The number of aryl methyl sites for hydroxylation is 1. The van der Waals surface area contributed by atoms with Gasteiger partial charge in [-0.3, -0.25) is 48.1 Å². The number of hydroxylamine groups is 2. The summed E-state index contributed by atoms with van der Waals surface area (Å²) in [4.78, 5) is 147. The minimum absolute atomic E-state index is 0.00236. The Kier molecular flexibility index (Phi) is 34.2.